The molecule has 0 heterocycles. The van der Waals surface area contributed by atoms with E-state index < -0.39 is 0 Å². The second kappa shape index (κ2) is 8.68. The molecule has 0 saturated carbocycles. The lowest BCUT2D eigenvalue weighted by Gasteiger charge is -2.14. The Hall–Kier alpha value is -0.610. The van der Waals surface area contributed by atoms with Gasteiger partial charge in [0, 0.05) is 31.7 Å². The smallest absolute Gasteiger partial charge is 0.222 e. The first-order valence-corrected chi connectivity index (χ1v) is 5.66. The Morgan fingerprint density at radius 3 is 2.47 bits per heavy atom. The van der Waals surface area contributed by atoms with Crippen molar-refractivity contribution in [1.82, 2.24) is 10.6 Å². The van der Waals surface area contributed by atoms with E-state index in [1.54, 1.807) is 0 Å². The number of ether oxygens (including phenoxy) is 1. The molecule has 0 saturated heterocycles. The van der Waals surface area contributed by atoms with Crippen LogP contribution in [0.5, 0.6) is 0 Å². The monoisotopic (exact) mass is 216 g/mol. The summed E-state index contributed by atoms with van der Waals surface area (Å²) in [7, 11) is 0. The van der Waals surface area contributed by atoms with Gasteiger partial charge in [-0.15, -0.1) is 0 Å². The average molecular weight is 216 g/mol. The minimum Gasteiger partial charge on any atom is -0.380 e. The van der Waals surface area contributed by atoms with Crippen LogP contribution >= 0.6 is 0 Å². The maximum atomic E-state index is 11.2. The van der Waals surface area contributed by atoms with Crippen molar-refractivity contribution in [3.63, 3.8) is 0 Å². The van der Waals surface area contributed by atoms with Crippen molar-refractivity contribution in [1.29, 1.82) is 0 Å². The molecule has 0 rings (SSSR count). The van der Waals surface area contributed by atoms with Gasteiger partial charge < -0.3 is 15.4 Å². The number of amides is 1. The summed E-state index contributed by atoms with van der Waals surface area (Å²) in [6.07, 6.45) is 0. The number of hydrogen-bond acceptors (Lipinski definition) is 3. The highest BCUT2D eigenvalue weighted by Crippen LogP contribution is 1.89. The Balaban J connectivity index is 3.34. The van der Waals surface area contributed by atoms with Crippen molar-refractivity contribution in [2.24, 2.45) is 5.92 Å². The minimum absolute atomic E-state index is 0.0610. The molecule has 1 amide bonds. The molecule has 0 aliphatic carbocycles. The molecule has 0 bridgehead atoms. The van der Waals surface area contributed by atoms with Crippen molar-refractivity contribution < 1.29 is 9.53 Å². The van der Waals surface area contributed by atoms with Gasteiger partial charge in [-0.2, -0.15) is 0 Å². The summed E-state index contributed by atoms with van der Waals surface area (Å²) in [5.41, 5.74) is 0. The first-order chi connectivity index (χ1) is 7.07. The Kier molecular flexibility index (Phi) is 8.33. The minimum atomic E-state index is 0.0610. The maximum absolute atomic E-state index is 11.2. The van der Waals surface area contributed by atoms with Gasteiger partial charge in [0.1, 0.15) is 0 Å². The molecule has 4 heteroatoms. The Morgan fingerprint density at radius 2 is 1.93 bits per heavy atom. The van der Waals surface area contributed by atoms with E-state index in [0.29, 0.717) is 19.2 Å². The fourth-order valence-corrected chi connectivity index (χ4v) is 1.06. The van der Waals surface area contributed by atoms with Crippen LogP contribution in [0.2, 0.25) is 0 Å². The summed E-state index contributed by atoms with van der Waals surface area (Å²) in [5.74, 6) is 0.167. The number of rotatable bonds is 8. The summed E-state index contributed by atoms with van der Waals surface area (Å²) in [4.78, 5) is 11.2. The van der Waals surface area contributed by atoms with Gasteiger partial charge >= 0.3 is 0 Å². The van der Waals surface area contributed by atoms with Crippen LogP contribution in [0.4, 0.5) is 0 Å². The van der Waals surface area contributed by atoms with E-state index in [2.05, 4.69) is 17.6 Å². The van der Waals surface area contributed by atoms with E-state index >= 15 is 0 Å². The lowest BCUT2D eigenvalue weighted by Crippen LogP contribution is -2.38. The van der Waals surface area contributed by atoms with E-state index in [1.165, 1.54) is 0 Å². The van der Waals surface area contributed by atoms with Crippen molar-refractivity contribution in [2.75, 3.05) is 26.3 Å². The third-order valence-electron chi connectivity index (χ3n) is 2.01. The molecular weight excluding hydrogens is 192 g/mol. The Labute approximate surface area is 92.8 Å². The van der Waals surface area contributed by atoms with Crippen LogP contribution in [0.15, 0.2) is 0 Å². The molecule has 1 unspecified atom stereocenters. The van der Waals surface area contributed by atoms with Crippen LogP contribution in [0, 0.1) is 5.92 Å². The zero-order valence-electron chi connectivity index (χ0n) is 10.3. The lowest BCUT2D eigenvalue weighted by molar-refractivity contribution is -0.123. The van der Waals surface area contributed by atoms with E-state index in [-0.39, 0.29) is 11.8 Å². The highest BCUT2D eigenvalue weighted by atomic mass is 16.5. The van der Waals surface area contributed by atoms with Gasteiger partial charge in [-0.3, -0.25) is 4.79 Å². The van der Waals surface area contributed by atoms with Crippen molar-refractivity contribution >= 4 is 5.91 Å². The first-order valence-electron chi connectivity index (χ1n) is 5.66. The van der Waals surface area contributed by atoms with Crippen LogP contribution in [-0.4, -0.2) is 38.3 Å². The fraction of sp³-hybridized carbons (Fsp3) is 0.909. The highest BCUT2D eigenvalue weighted by Gasteiger charge is 2.05. The maximum Gasteiger partial charge on any atom is 0.222 e. The standard InChI is InChI=1S/C11H24N2O2/c1-5-15-8-10(4)12-6-7-13-11(14)9(2)3/h9-10,12H,5-8H2,1-4H3,(H,13,14). The summed E-state index contributed by atoms with van der Waals surface area (Å²) in [5, 5.41) is 6.12. The van der Waals surface area contributed by atoms with Gasteiger partial charge in [0.15, 0.2) is 0 Å². The molecule has 0 aromatic rings. The van der Waals surface area contributed by atoms with Gasteiger partial charge in [-0.25, -0.2) is 0 Å². The molecule has 0 spiro atoms. The Bertz CT molecular complexity index is 172. The van der Waals surface area contributed by atoms with E-state index in [4.69, 9.17) is 4.74 Å². The van der Waals surface area contributed by atoms with E-state index in [9.17, 15) is 4.79 Å². The topological polar surface area (TPSA) is 50.4 Å². The van der Waals surface area contributed by atoms with E-state index in [0.717, 1.165) is 13.2 Å². The lowest BCUT2D eigenvalue weighted by atomic mass is 10.2. The van der Waals surface area contributed by atoms with Gasteiger partial charge in [0.25, 0.3) is 0 Å². The molecular formula is C11H24N2O2. The van der Waals surface area contributed by atoms with Crippen molar-refractivity contribution in [3.8, 4) is 0 Å². The Morgan fingerprint density at radius 1 is 1.27 bits per heavy atom. The third kappa shape index (κ3) is 8.39. The number of carbonyl (C=O) groups is 1. The second-order valence-corrected chi connectivity index (χ2v) is 3.96. The number of carbonyl (C=O) groups excluding carboxylic acids is 1. The molecule has 0 aromatic carbocycles. The van der Waals surface area contributed by atoms with Gasteiger partial charge in [-0.1, -0.05) is 13.8 Å². The SMILES string of the molecule is CCOCC(C)NCCNC(=O)C(C)C. The molecule has 4 nitrogen and oxygen atoms in total. The van der Waals surface area contributed by atoms with Crippen LogP contribution in [0.25, 0.3) is 0 Å². The molecule has 90 valence electrons. The first kappa shape index (κ1) is 14.4. The third-order valence-corrected chi connectivity index (χ3v) is 2.01. The summed E-state index contributed by atoms with van der Waals surface area (Å²) in [6, 6.07) is 0.334. The van der Waals surface area contributed by atoms with Gasteiger partial charge in [0.05, 0.1) is 6.61 Å². The predicted octanol–water partition coefficient (Wildman–Crippen LogP) is 0.773. The van der Waals surface area contributed by atoms with Gasteiger partial charge in [0.2, 0.25) is 5.91 Å². The zero-order chi connectivity index (χ0) is 11.7. The van der Waals surface area contributed by atoms with Gasteiger partial charge in [-0.05, 0) is 13.8 Å². The summed E-state index contributed by atoms with van der Waals surface area (Å²) in [6.45, 7) is 10.8. The summed E-state index contributed by atoms with van der Waals surface area (Å²) >= 11 is 0. The van der Waals surface area contributed by atoms with Crippen LogP contribution in [0.3, 0.4) is 0 Å². The second-order valence-electron chi connectivity index (χ2n) is 3.96. The number of nitrogens with one attached hydrogen (secondary N) is 2. The molecule has 0 radical (unpaired) electrons. The number of hydrogen-bond donors (Lipinski definition) is 2. The molecule has 1 atom stereocenters. The van der Waals surface area contributed by atoms with Crippen molar-refractivity contribution in [3.05, 3.63) is 0 Å². The van der Waals surface area contributed by atoms with E-state index in [1.807, 2.05) is 20.8 Å². The molecule has 0 aliphatic rings. The molecule has 0 aliphatic heterocycles. The molecule has 15 heavy (non-hydrogen) atoms. The normalized spacial score (nSPS) is 12.9. The average Bonchev–Trinajstić information content (AvgIpc) is 2.20. The summed E-state index contributed by atoms with van der Waals surface area (Å²) < 4.78 is 5.26. The molecule has 0 fully saturated rings. The quantitative estimate of drug-likeness (QED) is 0.589. The van der Waals surface area contributed by atoms with Crippen LogP contribution in [-0.2, 0) is 9.53 Å². The largest absolute Gasteiger partial charge is 0.380 e. The molecule has 0 aromatic heterocycles. The van der Waals surface area contributed by atoms with Crippen molar-refractivity contribution in [2.45, 2.75) is 33.7 Å². The highest BCUT2D eigenvalue weighted by molar-refractivity contribution is 5.77. The van der Waals surface area contributed by atoms with Crippen LogP contribution in [0.1, 0.15) is 27.7 Å². The molecule has 2 N–H and O–H groups in total. The fourth-order valence-electron chi connectivity index (χ4n) is 1.06. The predicted molar refractivity (Wildman–Crippen MR) is 61.8 cm³/mol. The van der Waals surface area contributed by atoms with Crippen LogP contribution < -0.4 is 10.6 Å². The zero-order valence-corrected chi connectivity index (χ0v) is 10.3.